The average molecular weight is 405 g/mol. The van der Waals surface area contributed by atoms with Gasteiger partial charge in [0.15, 0.2) is 0 Å². The van der Waals surface area contributed by atoms with Gasteiger partial charge in [-0.05, 0) is 42.7 Å². The molecule has 2 aromatic carbocycles. The largest absolute Gasteiger partial charge is 0.360 e. The number of piperidine rings is 1. The van der Waals surface area contributed by atoms with Gasteiger partial charge >= 0.3 is 0 Å². The Morgan fingerprint density at radius 1 is 1.10 bits per heavy atom. The number of aromatic amines is 1. The molecule has 7 heteroatoms. The predicted octanol–water partition coefficient (Wildman–Crippen LogP) is 4.50. The normalized spacial score (nSPS) is 16.9. The zero-order valence-corrected chi connectivity index (χ0v) is 16.3. The van der Waals surface area contributed by atoms with Gasteiger partial charge in [-0.1, -0.05) is 12.1 Å². The highest BCUT2D eigenvalue weighted by molar-refractivity contribution is 5.97. The number of hydrogen-bond donors (Lipinski definition) is 2. The molecule has 0 spiro atoms. The summed E-state index contributed by atoms with van der Waals surface area (Å²) in [6.45, 7) is 1.65. The van der Waals surface area contributed by atoms with E-state index in [0.717, 1.165) is 48.2 Å². The number of benzene rings is 2. The van der Waals surface area contributed by atoms with Crippen LogP contribution in [0, 0.1) is 11.6 Å². The molecule has 5 nitrogen and oxygen atoms in total. The van der Waals surface area contributed by atoms with Gasteiger partial charge in [-0.15, -0.1) is 0 Å². The van der Waals surface area contributed by atoms with Crippen LogP contribution in [0.2, 0.25) is 0 Å². The highest BCUT2D eigenvalue weighted by Crippen LogP contribution is 2.33. The van der Waals surface area contributed by atoms with Gasteiger partial charge < -0.3 is 15.6 Å². The van der Waals surface area contributed by atoms with Crippen LogP contribution in [0.5, 0.6) is 0 Å². The highest BCUT2D eigenvalue weighted by Gasteiger charge is 2.19. The van der Waals surface area contributed by atoms with Crippen molar-refractivity contribution in [3.05, 3.63) is 66.6 Å². The van der Waals surface area contributed by atoms with E-state index in [1.807, 2.05) is 12.3 Å². The third kappa shape index (κ3) is 3.31. The fourth-order valence-corrected chi connectivity index (χ4v) is 4.12. The van der Waals surface area contributed by atoms with E-state index < -0.39 is 11.6 Å². The lowest BCUT2D eigenvalue weighted by atomic mass is 10.0. The molecular formula is C23H21F2N5. The molecule has 0 bridgehead atoms. The number of halogens is 2. The summed E-state index contributed by atoms with van der Waals surface area (Å²) >= 11 is 0. The molecule has 3 heterocycles. The Bertz CT molecular complexity index is 1200. The van der Waals surface area contributed by atoms with Crippen molar-refractivity contribution in [1.82, 2.24) is 15.0 Å². The van der Waals surface area contributed by atoms with Crippen LogP contribution < -0.4 is 10.6 Å². The Morgan fingerprint density at radius 2 is 1.93 bits per heavy atom. The number of aromatic nitrogens is 3. The monoisotopic (exact) mass is 405 g/mol. The third-order valence-electron chi connectivity index (χ3n) is 5.61. The molecule has 152 valence electrons. The molecule has 0 aliphatic carbocycles. The zero-order chi connectivity index (χ0) is 20.7. The van der Waals surface area contributed by atoms with Crippen LogP contribution in [0.25, 0.3) is 33.3 Å². The Kier molecular flexibility index (Phi) is 4.67. The van der Waals surface area contributed by atoms with Crippen molar-refractivity contribution in [3.8, 4) is 22.4 Å². The van der Waals surface area contributed by atoms with Crippen LogP contribution in [-0.4, -0.2) is 34.1 Å². The fourth-order valence-electron chi connectivity index (χ4n) is 4.12. The van der Waals surface area contributed by atoms with Crippen molar-refractivity contribution in [2.45, 2.75) is 18.9 Å². The molecule has 5 rings (SSSR count). The summed E-state index contributed by atoms with van der Waals surface area (Å²) in [4.78, 5) is 14.5. The van der Waals surface area contributed by atoms with Gasteiger partial charge in [-0.25, -0.2) is 13.8 Å². The van der Waals surface area contributed by atoms with Crippen LogP contribution in [0.3, 0.4) is 0 Å². The maximum absolute atomic E-state index is 14.3. The van der Waals surface area contributed by atoms with Crippen molar-refractivity contribution < 1.29 is 8.78 Å². The minimum Gasteiger partial charge on any atom is -0.360 e. The molecule has 0 radical (unpaired) electrons. The zero-order valence-electron chi connectivity index (χ0n) is 16.3. The number of nitrogens with two attached hydrogens (primary N) is 1. The van der Waals surface area contributed by atoms with Crippen molar-refractivity contribution in [2.75, 3.05) is 18.0 Å². The van der Waals surface area contributed by atoms with Crippen LogP contribution in [-0.2, 0) is 0 Å². The second-order valence-electron chi connectivity index (χ2n) is 7.67. The summed E-state index contributed by atoms with van der Waals surface area (Å²) in [6, 6.07) is 9.34. The number of hydrogen-bond acceptors (Lipinski definition) is 4. The summed E-state index contributed by atoms with van der Waals surface area (Å²) in [6.07, 6.45) is 7.34. The van der Waals surface area contributed by atoms with Crippen LogP contribution >= 0.6 is 0 Å². The number of H-pyrrole nitrogens is 1. The van der Waals surface area contributed by atoms with E-state index >= 15 is 0 Å². The van der Waals surface area contributed by atoms with Gasteiger partial charge in [0.2, 0.25) is 0 Å². The minimum atomic E-state index is -0.588. The first kappa shape index (κ1) is 18.7. The molecule has 1 aliphatic rings. The molecular weight excluding hydrogens is 384 g/mol. The Labute approximate surface area is 172 Å². The quantitative estimate of drug-likeness (QED) is 0.527. The fraction of sp³-hybridized carbons (Fsp3) is 0.217. The lowest BCUT2D eigenvalue weighted by Gasteiger charge is -2.31. The van der Waals surface area contributed by atoms with Crippen molar-refractivity contribution in [1.29, 1.82) is 0 Å². The van der Waals surface area contributed by atoms with E-state index in [1.54, 1.807) is 24.5 Å². The van der Waals surface area contributed by atoms with Gasteiger partial charge in [-0.2, -0.15) is 0 Å². The average Bonchev–Trinajstić information content (AvgIpc) is 3.17. The molecule has 1 saturated heterocycles. The van der Waals surface area contributed by atoms with Crippen LogP contribution in [0.15, 0.2) is 55.0 Å². The summed E-state index contributed by atoms with van der Waals surface area (Å²) < 4.78 is 28.6. The SMILES string of the molecule is N[C@H]1CCCN(c2cncc(-c3c[nH]c4ccc(-c5c(F)cccc5F)cc34)n2)C1. The van der Waals surface area contributed by atoms with Crippen LogP contribution in [0.1, 0.15) is 12.8 Å². The van der Waals surface area contributed by atoms with Crippen molar-refractivity contribution in [2.24, 2.45) is 5.73 Å². The Hall–Kier alpha value is -3.32. The Balaban J connectivity index is 1.58. The standard InChI is InChI=1S/C23H21F2N5/c24-18-4-1-5-19(25)23(18)14-6-7-20-16(9-14)17(10-28-20)21-11-27-12-22(29-21)30-8-2-3-15(26)13-30/h1,4-7,9-12,15,28H,2-3,8,13,26H2/t15-/m0/s1. The van der Waals surface area contributed by atoms with Crippen molar-refractivity contribution >= 4 is 16.7 Å². The summed E-state index contributed by atoms with van der Waals surface area (Å²) in [5.41, 5.74) is 8.94. The van der Waals surface area contributed by atoms with E-state index in [2.05, 4.69) is 14.9 Å². The Morgan fingerprint density at radius 3 is 2.73 bits per heavy atom. The first-order chi connectivity index (χ1) is 14.6. The van der Waals surface area contributed by atoms with Gasteiger partial charge in [0, 0.05) is 41.8 Å². The number of fused-ring (bicyclic) bond motifs is 1. The molecule has 4 aromatic rings. The maximum Gasteiger partial charge on any atom is 0.147 e. The molecule has 3 N–H and O–H groups in total. The number of nitrogens with zero attached hydrogens (tertiary/aromatic N) is 3. The smallest absolute Gasteiger partial charge is 0.147 e. The van der Waals surface area contributed by atoms with Gasteiger partial charge in [0.05, 0.1) is 23.7 Å². The molecule has 1 atom stereocenters. The first-order valence-corrected chi connectivity index (χ1v) is 9.98. The lowest BCUT2D eigenvalue weighted by Crippen LogP contribution is -2.43. The summed E-state index contributed by atoms with van der Waals surface area (Å²) in [5.74, 6) is -0.391. The second-order valence-corrected chi connectivity index (χ2v) is 7.67. The molecule has 0 amide bonds. The molecule has 1 fully saturated rings. The molecule has 1 aliphatic heterocycles. The topological polar surface area (TPSA) is 70.8 Å². The summed E-state index contributed by atoms with van der Waals surface area (Å²) in [5, 5.41) is 0.831. The number of nitrogens with one attached hydrogen (secondary N) is 1. The third-order valence-corrected chi connectivity index (χ3v) is 5.61. The predicted molar refractivity (Wildman–Crippen MR) is 114 cm³/mol. The van der Waals surface area contributed by atoms with E-state index in [-0.39, 0.29) is 11.6 Å². The van der Waals surface area contributed by atoms with Gasteiger partial charge in [0.25, 0.3) is 0 Å². The number of anilines is 1. The minimum absolute atomic E-state index is 0.0336. The van der Waals surface area contributed by atoms with Crippen molar-refractivity contribution in [3.63, 3.8) is 0 Å². The second kappa shape index (κ2) is 7.50. The molecule has 2 aromatic heterocycles. The maximum atomic E-state index is 14.3. The highest BCUT2D eigenvalue weighted by atomic mass is 19.1. The lowest BCUT2D eigenvalue weighted by molar-refractivity contribution is 0.503. The van der Waals surface area contributed by atoms with E-state index in [9.17, 15) is 8.78 Å². The van der Waals surface area contributed by atoms with E-state index in [0.29, 0.717) is 11.3 Å². The molecule has 0 unspecified atom stereocenters. The molecule has 30 heavy (non-hydrogen) atoms. The van der Waals surface area contributed by atoms with E-state index in [4.69, 9.17) is 10.7 Å². The van der Waals surface area contributed by atoms with Gasteiger partial charge in [0.1, 0.15) is 17.5 Å². The summed E-state index contributed by atoms with van der Waals surface area (Å²) in [7, 11) is 0. The first-order valence-electron chi connectivity index (χ1n) is 9.98. The van der Waals surface area contributed by atoms with Crippen LogP contribution in [0.4, 0.5) is 14.6 Å². The number of rotatable bonds is 3. The molecule has 0 saturated carbocycles. The van der Waals surface area contributed by atoms with E-state index in [1.165, 1.54) is 18.2 Å². The van der Waals surface area contributed by atoms with Gasteiger partial charge in [-0.3, -0.25) is 4.98 Å².